The van der Waals surface area contributed by atoms with Crippen LogP contribution < -0.4 is 14.9 Å². The number of carbonyl (C=O) groups excluding carboxylic acids is 1. The summed E-state index contributed by atoms with van der Waals surface area (Å²) in [7, 11) is 1.29. The maximum absolute atomic E-state index is 12.4. The van der Waals surface area contributed by atoms with Crippen LogP contribution in [-0.4, -0.2) is 30.8 Å². The number of halogens is 3. The van der Waals surface area contributed by atoms with Crippen LogP contribution in [0.25, 0.3) is 0 Å². The fraction of sp³-hybridized carbons (Fsp3) is 0.133. The molecule has 0 atom stereocenters. The molecule has 0 saturated carbocycles. The third-order valence-electron chi connectivity index (χ3n) is 2.74. The van der Waals surface area contributed by atoms with Gasteiger partial charge in [0.25, 0.3) is 5.91 Å². The Morgan fingerprint density at radius 1 is 1.42 bits per heavy atom. The summed E-state index contributed by atoms with van der Waals surface area (Å²) in [6.45, 7) is -3.03. The van der Waals surface area contributed by atoms with E-state index in [1.807, 2.05) is 0 Å². The zero-order valence-corrected chi connectivity index (χ0v) is 13.1. The topological polar surface area (TPSA) is 72.8 Å². The second-order valence-corrected chi connectivity index (χ2v) is 4.73. The average Bonchev–Trinajstić information content (AvgIpc) is 2.57. The van der Waals surface area contributed by atoms with Crippen molar-refractivity contribution >= 4 is 23.7 Å². The number of benzene rings is 1. The van der Waals surface area contributed by atoms with Crippen molar-refractivity contribution in [3.8, 4) is 11.5 Å². The molecule has 2 aromatic rings. The molecule has 1 aromatic heterocycles. The number of hydrogen-bond donors (Lipinski definition) is 1. The first kappa shape index (κ1) is 17.6. The Labute approximate surface area is 141 Å². The first-order chi connectivity index (χ1) is 11.5. The van der Waals surface area contributed by atoms with Crippen LogP contribution in [0.15, 0.2) is 41.6 Å². The van der Waals surface area contributed by atoms with E-state index in [1.165, 1.54) is 37.7 Å². The Hall–Kier alpha value is -2.74. The molecule has 24 heavy (non-hydrogen) atoms. The normalized spacial score (nSPS) is 10.9. The van der Waals surface area contributed by atoms with Gasteiger partial charge < -0.3 is 9.47 Å². The molecular weight excluding hydrogens is 344 g/mol. The minimum absolute atomic E-state index is 0.0142. The second-order valence-electron chi connectivity index (χ2n) is 4.33. The van der Waals surface area contributed by atoms with Gasteiger partial charge in [-0.05, 0) is 29.8 Å². The fourth-order valence-corrected chi connectivity index (χ4v) is 2.00. The van der Waals surface area contributed by atoms with Crippen molar-refractivity contribution in [1.82, 2.24) is 10.4 Å². The minimum atomic E-state index is -3.03. The van der Waals surface area contributed by atoms with Gasteiger partial charge in [0, 0.05) is 6.20 Å². The largest absolute Gasteiger partial charge is 0.493 e. The van der Waals surface area contributed by atoms with E-state index >= 15 is 0 Å². The molecular formula is C15H12ClF2N3O3. The molecule has 1 N–H and O–H groups in total. The highest BCUT2D eigenvalue weighted by atomic mass is 35.5. The number of rotatable bonds is 6. The molecule has 1 amide bonds. The number of alkyl halides is 2. The van der Waals surface area contributed by atoms with Gasteiger partial charge in [-0.25, -0.2) is 5.43 Å². The molecule has 1 aromatic carbocycles. The van der Waals surface area contributed by atoms with Gasteiger partial charge in [0.15, 0.2) is 11.5 Å². The van der Waals surface area contributed by atoms with Gasteiger partial charge in [0.2, 0.25) is 0 Å². The number of amides is 1. The Balaban J connectivity index is 2.12. The lowest BCUT2D eigenvalue weighted by Crippen LogP contribution is -2.18. The highest BCUT2D eigenvalue weighted by Crippen LogP contribution is 2.37. The lowest BCUT2D eigenvalue weighted by atomic mass is 10.2. The second kappa shape index (κ2) is 8.21. The molecule has 0 fully saturated rings. The summed E-state index contributed by atoms with van der Waals surface area (Å²) in [4.78, 5) is 15.6. The maximum Gasteiger partial charge on any atom is 0.387 e. The van der Waals surface area contributed by atoms with Gasteiger partial charge in [-0.15, -0.1) is 0 Å². The zero-order chi connectivity index (χ0) is 17.5. The van der Waals surface area contributed by atoms with Crippen LogP contribution in [0.2, 0.25) is 5.02 Å². The van der Waals surface area contributed by atoms with Crippen LogP contribution in [-0.2, 0) is 0 Å². The molecule has 0 unspecified atom stereocenters. The van der Waals surface area contributed by atoms with Gasteiger partial charge in [0.05, 0.1) is 18.3 Å². The van der Waals surface area contributed by atoms with Crippen LogP contribution in [0, 0.1) is 0 Å². The third kappa shape index (κ3) is 4.63. The van der Waals surface area contributed by atoms with E-state index in [1.54, 1.807) is 12.1 Å². The van der Waals surface area contributed by atoms with Crippen molar-refractivity contribution in [3.05, 3.63) is 52.8 Å². The van der Waals surface area contributed by atoms with E-state index in [-0.39, 0.29) is 22.2 Å². The monoisotopic (exact) mass is 355 g/mol. The molecule has 0 aliphatic heterocycles. The van der Waals surface area contributed by atoms with Crippen molar-refractivity contribution in [2.24, 2.45) is 5.10 Å². The van der Waals surface area contributed by atoms with Crippen LogP contribution in [0.5, 0.6) is 11.5 Å². The predicted octanol–water partition coefficient (Wildman–Crippen LogP) is 3.11. The molecule has 2 rings (SSSR count). The van der Waals surface area contributed by atoms with Crippen molar-refractivity contribution in [3.63, 3.8) is 0 Å². The van der Waals surface area contributed by atoms with E-state index in [2.05, 4.69) is 20.2 Å². The van der Waals surface area contributed by atoms with Gasteiger partial charge in [0.1, 0.15) is 5.69 Å². The smallest absolute Gasteiger partial charge is 0.387 e. The van der Waals surface area contributed by atoms with Crippen LogP contribution in [0.4, 0.5) is 8.78 Å². The quantitative estimate of drug-likeness (QED) is 0.638. The summed E-state index contributed by atoms with van der Waals surface area (Å²) < 4.78 is 34.0. The summed E-state index contributed by atoms with van der Waals surface area (Å²) in [5, 5.41) is 3.68. The molecule has 9 heteroatoms. The third-order valence-corrected chi connectivity index (χ3v) is 3.02. The number of carbonyl (C=O) groups is 1. The molecule has 0 spiro atoms. The van der Waals surface area contributed by atoms with Crippen molar-refractivity contribution in [2.45, 2.75) is 6.61 Å². The summed E-state index contributed by atoms with van der Waals surface area (Å²) >= 11 is 5.90. The van der Waals surface area contributed by atoms with Gasteiger partial charge in [-0.1, -0.05) is 17.7 Å². The van der Waals surface area contributed by atoms with E-state index in [0.717, 1.165) is 0 Å². The van der Waals surface area contributed by atoms with E-state index < -0.39 is 12.5 Å². The molecule has 1 heterocycles. The molecule has 0 aliphatic rings. The molecule has 0 bridgehead atoms. The summed E-state index contributed by atoms with van der Waals surface area (Å²) in [5.74, 6) is -0.758. The molecule has 0 radical (unpaired) electrons. The summed E-state index contributed by atoms with van der Waals surface area (Å²) in [5.41, 5.74) is 2.90. The van der Waals surface area contributed by atoms with Gasteiger partial charge in [-0.2, -0.15) is 13.9 Å². The number of nitrogens with one attached hydrogen (secondary N) is 1. The van der Waals surface area contributed by atoms with Gasteiger partial charge >= 0.3 is 6.61 Å². The maximum atomic E-state index is 12.4. The molecule has 6 nitrogen and oxygen atoms in total. The van der Waals surface area contributed by atoms with Crippen LogP contribution in [0.1, 0.15) is 16.1 Å². The lowest BCUT2D eigenvalue weighted by molar-refractivity contribution is -0.0511. The predicted molar refractivity (Wildman–Crippen MR) is 83.9 cm³/mol. The minimum Gasteiger partial charge on any atom is -0.493 e. The van der Waals surface area contributed by atoms with Crippen molar-refractivity contribution in [2.75, 3.05) is 7.11 Å². The van der Waals surface area contributed by atoms with Crippen LogP contribution in [0.3, 0.4) is 0 Å². The van der Waals surface area contributed by atoms with Crippen molar-refractivity contribution < 1.29 is 23.0 Å². The standard InChI is InChI=1S/C15H12ClF2N3O3/c1-23-12-7-9(6-10(16)13(12)24-15(17)18)8-20-21-14(22)11-4-2-3-5-19-11/h2-8,15H,1H3,(H,21,22)/b20-8-. The fourth-order valence-electron chi connectivity index (χ4n) is 1.74. The number of hydrogen-bond acceptors (Lipinski definition) is 5. The number of pyridine rings is 1. The van der Waals surface area contributed by atoms with E-state index in [9.17, 15) is 13.6 Å². The lowest BCUT2D eigenvalue weighted by Gasteiger charge is -2.12. The molecule has 0 aliphatic carbocycles. The highest BCUT2D eigenvalue weighted by molar-refractivity contribution is 6.32. The first-order valence-corrected chi connectivity index (χ1v) is 6.96. The number of nitrogens with zero attached hydrogens (tertiary/aromatic N) is 2. The SMILES string of the molecule is COc1cc(/C=N\NC(=O)c2ccccn2)cc(Cl)c1OC(F)F. The van der Waals surface area contributed by atoms with E-state index in [0.29, 0.717) is 5.56 Å². The Morgan fingerprint density at radius 2 is 2.21 bits per heavy atom. The van der Waals surface area contributed by atoms with Crippen molar-refractivity contribution in [1.29, 1.82) is 0 Å². The van der Waals surface area contributed by atoms with E-state index in [4.69, 9.17) is 16.3 Å². The Kier molecular flexibility index (Phi) is 6.02. The number of aromatic nitrogens is 1. The number of ether oxygens (including phenoxy) is 2. The molecule has 0 saturated heterocycles. The van der Waals surface area contributed by atoms with Crippen LogP contribution >= 0.6 is 11.6 Å². The number of methoxy groups -OCH3 is 1. The summed E-state index contributed by atoms with van der Waals surface area (Å²) in [6, 6.07) is 7.61. The highest BCUT2D eigenvalue weighted by Gasteiger charge is 2.15. The Bertz CT molecular complexity index is 742. The first-order valence-electron chi connectivity index (χ1n) is 6.58. The summed E-state index contributed by atoms with van der Waals surface area (Å²) in [6.07, 6.45) is 2.76. The van der Waals surface area contributed by atoms with Gasteiger partial charge in [-0.3, -0.25) is 9.78 Å². The number of hydrazone groups is 1. The average molecular weight is 356 g/mol. The Morgan fingerprint density at radius 3 is 2.83 bits per heavy atom. The zero-order valence-electron chi connectivity index (χ0n) is 12.4. The molecule has 126 valence electrons.